The Bertz CT molecular complexity index is 3090. The quantitative estimate of drug-likeness (QED) is 0.131. The molecule has 1 heterocycles. The Kier molecular flexibility index (Phi) is 9.61. The number of nitrogens with zero attached hydrogens (tertiary/aromatic N) is 1. The van der Waals surface area contributed by atoms with Gasteiger partial charge in [0.15, 0.2) is 8.07 Å². The van der Waals surface area contributed by atoms with Crippen molar-refractivity contribution in [1.82, 2.24) is 0 Å². The van der Waals surface area contributed by atoms with Gasteiger partial charge >= 0.3 is 0 Å². The van der Waals surface area contributed by atoms with E-state index in [1.165, 1.54) is 70.8 Å². The molecule has 62 heavy (non-hydrogen) atoms. The Morgan fingerprint density at radius 1 is 0.258 bits per heavy atom. The molecule has 0 unspecified atom stereocenters. The molecule has 292 valence electrons. The van der Waals surface area contributed by atoms with Gasteiger partial charge in [0.1, 0.15) is 0 Å². The van der Waals surface area contributed by atoms with E-state index in [-0.39, 0.29) is 0 Å². The summed E-state index contributed by atoms with van der Waals surface area (Å²) in [5.74, 6) is 0. The minimum Gasteiger partial charge on any atom is -0.310 e. The molecule has 0 fully saturated rings. The summed E-state index contributed by atoms with van der Waals surface area (Å²) in [7, 11) is -2.76. The van der Waals surface area contributed by atoms with E-state index in [9.17, 15) is 0 Å². The van der Waals surface area contributed by atoms with Crippen molar-refractivity contribution in [2.24, 2.45) is 0 Å². The van der Waals surface area contributed by atoms with Crippen LogP contribution < -0.4 is 25.6 Å². The highest BCUT2D eigenvalue weighted by atomic mass is 28.3. The summed E-state index contributed by atoms with van der Waals surface area (Å²) < 4.78 is 0. The molecule has 2 heteroatoms. The maximum Gasteiger partial charge on any atom is 0.180 e. The molecule has 1 aliphatic rings. The molecule has 0 radical (unpaired) electrons. The first-order valence-corrected chi connectivity index (χ1v) is 23.4. The van der Waals surface area contributed by atoms with E-state index >= 15 is 0 Å². The Labute approximate surface area is 365 Å². The molecule has 0 amide bonds. The molecule has 11 rings (SSSR count). The van der Waals surface area contributed by atoms with E-state index in [1.54, 1.807) is 0 Å². The topological polar surface area (TPSA) is 3.24 Å². The van der Waals surface area contributed by atoms with Gasteiger partial charge in [-0.3, -0.25) is 0 Å². The third-order valence-electron chi connectivity index (χ3n) is 12.6. The number of benzene rings is 10. The summed E-state index contributed by atoms with van der Waals surface area (Å²) in [5, 5.41) is 5.62. The maximum atomic E-state index is 2.53. The second-order valence-electron chi connectivity index (χ2n) is 16.0. The fraction of sp³-hybridized carbons (Fsp3) is 0. The van der Waals surface area contributed by atoms with Crippen LogP contribution in [0.2, 0.25) is 0 Å². The van der Waals surface area contributed by atoms with Crippen LogP contribution in [-0.4, -0.2) is 8.07 Å². The van der Waals surface area contributed by atoms with Crippen molar-refractivity contribution < 1.29 is 0 Å². The lowest BCUT2D eigenvalue weighted by atomic mass is 9.91. The Morgan fingerprint density at radius 3 is 1.26 bits per heavy atom. The fourth-order valence-electron chi connectivity index (χ4n) is 9.78. The van der Waals surface area contributed by atoms with Crippen LogP contribution in [0.3, 0.4) is 0 Å². The monoisotopic (exact) mass is 805 g/mol. The van der Waals surface area contributed by atoms with Crippen molar-refractivity contribution in [1.29, 1.82) is 0 Å². The summed E-state index contributed by atoms with van der Waals surface area (Å²) >= 11 is 0. The minimum atomic E-state index is -2.76. The lowest BCUT2D eigenvalue weighted by molar-refractivity contribution is 1.29. The van der Waals surface area contributed by atoms with Gasteiger partial charge in [-0.15, -0.1) is 0 Å². The average molecular weight is 806 g/mol. The molecule has 0 atom stereocenters. The molecule has 0 N–H and O–H groups in total. The number of fused-ring (bicyclic) bond motifs is 3. The van der Waals surface area contributed by atoms with Crippen LogP contribution in [-0.2, 0) is 0 Å². The van der Waals surface area contributed by atoms with E-state index in [0.29, 0.717) is 0 Å². The third-order valence-corrected chi connectivity index (χ3v) is 17.4. The van der Waals surface area contributed by atoms with Crippen molar-refractivity contribution in [3.8, 4) is 55.6 Å². The summed E-state index contributed by atoms with van der Waals surface area (Å²) in [6.45, 7) is 0. The second-order valence-corrected chi connectivity index (χ2v) is 19.7. The smallest absolute Gasteiger partial charge is 0.180 e. The Morgan fingerprint density at radius 2 is 0.677 bits per heavy atom. The van der Waals surface area contributed by atoms with Gasteiger partial charge in [0, 0.05) is 16.9 Å². The average Bonchev–Trinajstić information content (AvgIpc) is 3.66. The van der Waals surface area contributed by atoms with E-state index < -0.39 is 8.07 Å². The zero-order chi connectivity index (χ0) is 41.3. The van der Waals surface area contributed by atoms with Gasteiger partial charge in [0.25, 0.3) is 0 Å². The van der Waals surface area contributed by atoms with Crippen molar-refractivity contribution in [2.45, 2.75) is 0 Å². The van der Waals surface area contributed by atoms with Crippen LogP contribution in [0.5, 0.6) is 0 Å². The van der Waals surface area contributed by atoms with Gasteiger partial charge in [-0.2, -0.15) is 0 Å². The zero-order valence-corrected chi connectivity index (χ0v) is 35.3. The Balaban J connectivity index is 1.18. The van der Waals surface area contributed by atoms with Gasteiger partial charge in [0.05, 0.1) is 5.69 Å². The van der Waals surface area contributed by atoms with Crippen LogP contribution in [0.25, 0.3) is 55.6 Å². The van der Waals surface area contributed by atoms with Gasteiger partial charge in [-0.05, 0) is 101 Å². The highest BCUT2D eigenvalue weighted by molar-refractivity contribution is 7.22. The number of rotatable bonds is 9. The maximum absolute atomic E-state index is 2.76. The third kappa shape index (κ3) is 6.41. The van der Waals surface area contributed by atoms with E-state index in [4.69, 9.17) is 0 Å². The van der Waals surface area contributed by atoms with Crippen molar-refractivity contribution in [3.63, 3.8) is 0 Å². The molecular formula is C60H43NSi. The highest BCUT2D eigenvalue weighted by Crippen LogP contribution is 2.46. The molecule has 0 bridgehead atoms. The predicted octanol–water partition coefficient (Wildman–Crippen LogP) is 13.2. The highest BCUT2D eigenvalue weighted by Gasteiger charge is 2.48. The SMILES string of the molecule is c1ccc(-c2ccc(-c3c(-c4ccccc4)cccc3N(c3ccc(-c4ccccc4)cc3)c3ccc4c(c3)[Si](c3ccccc3)(c3ccccc3)c3ccccc3-4)cc2)cc1. The molecule has 10 aromatic carbocycles. The molecular weight excluding hydrogens is 763 g/mol. The molecule has 0 spiro atoms. The normalized spacial score (nSPS) is 12.3. The molecule has 1 nitrogen and oxygen atoms in total. The molecule has 0 saturated carbocycles. The standard InChI is InChI=1S/C60H43NSi/c1-6-19-44(20-7-1)46-33-35-49(36-34-46)60-54(48-23-10-3-11-24-48)30-18-31-57(60)61(50-39-37-47(38-40-50)45-21-8-2-9-22-45)51-41-42-56-55-29-16-17-32-58(55)62(59(56)43-51,52-25-12-4-13-26-52)53-27-14-5-15-28-53/h1-43H. The van der Waals surface area contributed by atoms with Crippen molar-refractivity contribution in [2.75, 3.05) is 4.90 Å². The van der Waals surface area contributed by atoms with Gasteiger partial charge in [-0.25, -0.2) is 0 Å². The molecule has 0 saturated heterocycles. The number of hydrogen-bond donors (Lipinski definition) is 0. The van der Waals surface area contributed by atoms with Crippen LogP contribution in [0.1, 0.15) is 0 Å². The first kappa shape index (κ1) is 37.2. The van der Waals surface area contributed by atoms with Gasteiger partial charge in [-0.1, -0.05) is 231 Å². The van der Waals surface area contributed by atoms with E-state index in [1.807, 2.05) is 0 Å². The predicted molar refractivity (Wildman–Crippen MR) is 265 cm³/mol. The van der Waals surface area contributed by atoms with Gasteiger partial charge < -0.3 is 4.90 Å². The molecule has 0 aromatic heterocycles. The number of hydrogen-bond acceptors (Lipinski definition) is 1. The summed E-state index contributed by atoms with van der Waals surface area (Å²) in [5.41, 5.74) is 15.5. The van der Waals surface area contributed by atoms with Crippen LogP contribution >= 0.6 is 0 Å². The number of anilines is 3. The van der Waals surface area contributed by atoms with Crippen molar-refractivity contribution >= 4 is 45.9 Å². The van der Waals surface area contributed by atoms with Gasteiger partial charge in [0.2, 0.25) is 0 Å². The Hall–Kier alpha value is -7.78. The fourth-order valence-corrected chi connectivity index (χ4v) is 15.0. The minimum absolute atomic E-state index is 1.10. The molecule has 10 aromatic rings. The van der Waals surface area contributed by atoms with E-state index in [2.05, 4.69) is 266 Å². The zero-order valence-electron chi connectivity index (χ0n) is 34.3. The summed E-state index contributed by atoms with van der Waals surface area (Å²) in [6, 6.07) is 96.2. The summed E-state index contributed by atoms with van der Waals surface area (Å²) in [4.78, 5) is 2.50. The molecule has 0 aliphatic carbocycles. The summed E-state index contributed by atoms with van der Waals surface area (Å²) in [6.07, 6.45) is 0. The first-order valence-electron chi connectivity index (χ1n) is 21.4. The van der Waals surface area contributed by atoms with E-state index in [0.717, 1.165) is 22.6 Å². The lowest BCUT2D eigenvalue weighted by Gasteiger charge is -2.33. The second kappa shape index (κ2) is 16.0. The van der Waals surface area contributed by atoms with Crippen LogP contribution in [0.4, 0.5) is 17.1 Å². The van der Waals surface area contributed by atoms with Crippen LogP contribution in [0.15, 0.2) is 261 Å². The molecule has 1 aliphatic heterocycles. The first-order chi connectivity index (χ1) is 30.8. The van der Waals surface area contributed by atoms with Crippen LogP contribution in [0, 0.1) is 0 Å². The largest absolute Gasteiger partial charge is 0.310 e. The van der Waals surface area contributed by atoms with Crippen molar-refractivity contribution in [3.05, 3.63) is 261 Å². The lowest BCUT2D eigenvalue weighted by Crippen LogP contribution is -2.72.